The molecule has 0 aliphatic heterocycles. The third-order valence-corrected chi connectivity index (χ3v) is 4.33. The zero-order chi connectivity index (χ0) is 20.3. The van der Waals surface area contributed by atoms with E-state index in [1.165, 1.54) is 19.2 Å². The monoisotopic (exact) mass is 379 g/mol. The van der Waals surface area contributed by atoms with Crippen molar-refractivity contribution in [2.24, 2.45) is 0 Å². The Labute approximate surface area is 162 Å². The summed E-state index contributed by atoms with van der Waals surface area (Å²) in [5.74, 6) is -0.374. The van der Waals surface area contributed by atoms with Crippen LogP contribution in [0.3, 0.4) is 0 Å². The number of hydrogen-bond acceptors (Lipinski definition) is 5. The van der Waals surface area contributed by atoms with Gasteiger partial charge in [0.05, 0.1) is 17.2 Å². The number of benzene rings is 2. The van der Waals surface area contributed by atoms with Crippen LogP contribution in [0, 0.1) is 24.0 Å². The first-order valence-electron chi connectivity index (χ1n) is 8.75. The third kappa shape index (κ3) is 4.17. The summed E-state index contributed by atoms with van der Waals surface area (Å²) in [7, 11) is 1.48. The molecule has 0 fully saturated rings. The maximum Gasteiger partial charge on any atom is 0.293 e. The maximum absolute atomic E-state index is 11.7. The number of carbonyl (C=O) groups is 1. The average molecular weight is 379 g/mol. The Balaban J connectivity index is 1.86. The van der Waals surface area contributed by atoms with Crippen molar-refractivity contribution in [3.05, 3.63) is 81.2 Å². The summed E-state index contributed by atoms with van der Waals surface area (Å²) in [5.41, 5.74) is 4.15. The largest absolute Gasteiger partial charge is 0.355 e. The number of aromatic nitrogens is 2. The van der Waals surface area contributed by atoms with Crippen LogP contribution in [0.25, 0.3) is 0 Å². The van der Waals surface area contributed by atoms with E-state index >= 15 is 0 Å². The fourth-order valence-corrected chi connectivity index (χ4v) is 2.98. The van der Waals surface area contributed by atoms with Gasteiger partial charge in [-0.15, -0.1) is 0 Å². The Bertz CT molecular complexity index is 1040. The molecule has 0 atom stereocenters. The van der Waals surface area contributed by atoms with Gasteiger partial charge in [-0.3, -0.25) is 19.6 Å². The van der Waals surface area contributed by atoms with Gasteiger partial charge in [0, 0.05) is 30.1 Å². The summed E-state index contributed by atoms with van der Waals surface area (Å²) in [4.78, 5) is 22.7. The number of nitrogens with zero attached hydrogens (tertiary/aromatic N) is 3. The van der Waals surface area contributed by atoms with Crippen LogP contribution >= 0.6 is 0 Å². The van der Waals surface area contributed by atoms with Crippen LogP contribution in [0.15, 0.2) is 48.5 Å². The number of nitro groups is 1. The molecule has 3 rings (SSSR count). The first-order valence-corrected chi connectivity index (χ1v) is 8.75. The number of anilines is 2. The molecule has 0 saturated carbocycles. The molecule has 1 aromatic heterocycles. The molecule has 144 valence electrons. The van der Waals surface area contributed by atoms with Gasteiger partial charge < -0.3 is 10.6 Å². The van der Waals surface area contributed by atoms with Gasteiger partial charge in [-0.1, -0.05) is 12.1 Å². The molecule has 8 nitrogen and oxygen atoms in total. The van der Waals surface area contributed by atoms with Gasteiger partial charge in [0.15, 0.2) is 0 Å². The van der Waals surface area contributed by atoms with Crippen LogP contribution in [-0.4, -0.2) is 27.7 Å². The maximum atomic E-state index is 11.7. The van der Waals surface area contributed by atoms with E-state index in [0.29, 0.717) is 12.2 Å². The van der Waals surface area contributed by atoms with Crippen LogP contribution in [0.5, 0.6) is 0 Å². The summed E-state index contributed by atoms with van der Waals surface area (Å²) < 4.78 is 1.91. The summed E-state index contributed by atoms with van der Waals surface area (Å²) in [6.45, 7) is 4.55. The zero-order valence-electron chi connectivity index (χ0n) is 15.9. The molecule has 2 aromatic carbocycles. The van der Waals surface area contributed by atoms with Crippen molar-refractivity contribution in [1.29, 1.82) is 0 Å². The lowest BCUT2D eigenvalue weighted by Crippen LogP contribution is -2.17. The molecule has 0 unspecified atom stereocenters. The zero-order valence-corrected chi connectivity index (χ0v) is 15.9. The van der Waals surface area contributed by atoms with Crippen LogP contribution in [0.4, 0.5) is 17.1 Å². The Kier molecular flexibility index (Phi) is 5.39. The highest BCUT2D eigenvalue weighted by Gasteiger charge is 2.17. The Hall–Kier alpha value is -3.68. The predicted octanol–water partition coefficient (Wildman–Crippen LogP) is 3.56. The molecule has 28 heavy (non-hydrogen) atoms. The van der Waals surface area contributed by atoms with Crippen molar-refractivity contribution < 1.29 is 9.72 Å². The smallest absolute Gasteiger partial charge is 0.293 e. The van der Waals surface area contributed by atoms with Crippen LogP contribution in [-0.2, 0) is 6.54 Å². The Morgan fingerprint density at radius 3 is 2.61 bits per heavy atom. The number of carbonyl (C=O) groups excluding carboxylic acids is 1. The van der Waals surface area contributed by atoms with Gasteiger partial charge >= 0.3 is 0 Å². The number of hydrogen-bond donors (Lipinski definition) is 2. The van der Waals surface area contributed by atoms with Crippen molar-refractivity contribution in [3.8, 4) is 0 Å². The molecule has 1 heterocycles. The predicted molar refractivity (Wildman–Crippen MR) is 107 cm³/mol. The minimum absolute atomic E-state index is 0.162. The van der Waals surface area contributed by atoms with E-state index in [0.717, 1.165) is 22.6 Å². The lowest BCUT2D eigenvalue weighted by atomic mass is 10.1. The van der Waals surface area contributed by atoms with Crippen molar-refractivity contribution in [1.82, 2.24) is 15.1 Å². The van der Waals surface area contributed by atoms with Gasteiger partial charge in [0.1, 0.15) is 5.69 Å². The molecule has 1 amide bonds. The first-order chi connectivity index (χ1) is 13.4. The second-order valence-electron chi connectivity index (χ2n) is 6.48. The van der Waals surface area contributed by atoms with Crippen molar-refractivity contribution in [2.45, 2.75) is 20.4 Å². The molecule has 0 bridgehead atoms. The highest BCUT2D eigenvalue weighted by molar-refractivity contribution is 5.95. The molecule has 2 N–H and O–H groups in total. The van der Waals surface area contributed by atoms with Gasteiger partial charge in [-0.05, 0) is 49.7 Å². The molecule has 3 aromatic rings. The Morgan fingerprint density at radius 2 is 1.96 bits per heavy atom. The molecule has 8 heteroatoms. The molecule has 0 spiro atoms. The van der Waals surface area contributed by atoms with Gasteiger partial charge in [-0.2, -0.15) is 5.10 Å². The minimum Gasteiger partial charge on any atom is -0.355 e. The second-order valence-corrected chi connectivity index (χ2v) is 6.48. The molecular formula is C20H21N5O3. The summed E-state index contributed by atoms with van der Waals surface area (Å²) >= 11 is 0. The lowest BCUT2D eigenvalue weighted by Gasteiger charge is -2.11. The standard InChI is InChI=1S/C20H21N5O3/c1-13-9-14(2)24(23-13)12-15-5-4-6-17(10-15)22-18-8-7-16(20(26)21-3)11-19(18)25(27)28/h4-11,22H,12H2,1-3H3,(H,21,26). The van der Waals surface area contributed by atoms with Gasteiger partial charge in [0.25, 0.3) is 11.6 Å². The normalized spacial score (nSPS) is 10.5. The number of amides is 1. The fourth-order valence-electron chi connectivity index (χ4n) is 2.98. The number of rotatable bonds is 6. The average Bonchev–Trinajstić information content (AvgIpc) is 2.98. The van der Waals surface area contributed by atoms with Crippen LogP contribution in [0.1, 0.15) is 27.3 Å². The van der Waals surface area contributed by atoms with E-state index in [1.54, 1.807) is 6.07 Å². The Morgan fingerprint density at radius 1 is 1.18 bits per heavy atom. The third-order valence-electron chi connectivity index (χ3n) is 4.33. The summed E-state index contributed by atoms with van der Waals surface area (Å²) in [6, 6.07) is 14.0. The fraction of sp³-hybridized carbons (Fsp3) is 0.200. The number of aryl methyl sites for hydroxylation is 2. The van der Waals surface area contributed by atoms with Gasteiger partial charge in [-0.25, -0.2) is 0 Å². The first kappa shape index (κ1) is 19.1. The second kappa shape index (κ2) is 7.91. The molecule has 0 saturated heterocycles. The van der Waals surface area contributed by atoms with E-state index in [9.17, 15) is 14.9 Å². The highest BCUT2D eigenvalue weighted by Crippen LogP contribution is 2.29. The SMILES string of the molecule is CNC(=O)c1ccc(Nc2cccc(Cn3nc(C)cc3C)c2)c([N+](=O)[O-])c1. The molecular weight excluding hydrogens is 358 g/mol. The molecule has 0 radical (unpaired) electrons. The highest BCUT2D eigenvalue weighted by atomic mass is 16.6. The van der Waals surface area contributed by atoms with Crippen molar-refractivity contribution in [3.63, 3.8) is 0 Å². The van der Waals surface area contributed by atoms with Crippen molar-refractivity contribution >= 4 is 23.0 Å². The van der Waals surface area contributed by atoms with Gasteiger partial charge in [0.2, 0.25) is 0 Å². The quantitative estimate of drug-likeness (QED) is 0.504. The van der Waals surface area contributed by atoms with E-state index in [4.69, 9.17) is 0 Å². The van der Waals surface area contributed by atoms with Crippen LogP contribution < -0.4 is 10.6 Å². The summed E-state index contributed by atoms with van der Waals surface area (Å²) in [6.07, 6.45) is 0. The van der Waals surface area contributed by atoms with E-state index in [1.807, 2.05) is 48.9 Å². The van der Waals surface area contributed by atoms with Crippen LogP contribution in [0.2, 0.25) is 0 Å². The minimum atomic E-state index is -0.505. The number of nitrogens with one attached hydrogen (secondary N) is 2. The topological polar surface area (TPSA) is 102 Å². The van der Waals surface area contributed by atoms with Crippen molar-refractivity contribution in [2.75, 3.05) is 12.4 Å². The molecule has 0 aliphatic carbocycles. The molecule has 0 aliphatic rings. The lowest BCUT2D eigenvalue weighted by molar-refractivity contribution is -0.383. The van der Waals surface area contributed by atoms with E-state index in [2.05, 4.69) is 15.7 Å². The number of nitro benzene ring substituents is 1. The van der Waals surface area contributed by atoms with E-state index in [-0.39, 0.29) is 17.2 Å². The summed E-state index contributed by atoms with van der Waals surface area (Å²) in [5, 5.41) is 21.4. The van der Waals surface area contributed by atoms with E-state index < -0.39 is 4.92 Å².